The number of hydrogen-bond acceptors (Lipinski definition) is 3. The highest BCUT2D eigenvalue weighted by molar-refractivity contribution is 5.81. The van der Waals surface area contributed by atoms with Gasteiger partial charge in [-0.1, -0.05) is 20.3 Å². The van der Waals surface area contributed by atoms with Crippen molar-refractivity contribution in [2.24, 2.45) is 11.7 Å². The first-order valence-corrected chi connectivity index (χ1v) is 6.84. The van der Waals surface area contributed by atoms with E-state index in [1.165, 1.54) is 12.1 Å². The van der Waals surface area contributed by atoms with Gasteiger partial charge in [0.15, 0.2) is 0 Å². The molecule has 0 spiro atoms. The number of halogens is 1. The van der Waals surface area contributed by atoms with E-state index >= 15 is 0 Å². The number of likely N-dealkylation sites (N-methyl/N-ethyl adjacent to an activating group) is 1. The number of amides is 1. The molecule has 5 heteroatoms. The molecule has 112 valence electrons. The average molecular weight is 282 g/mol. The van der Waals surface area contributed by atoms with Crippen molar-refractivity contribution in [3.8, 4) is 5.75 Å². The predicted octanol–water partition coefficient (Wildman–Crippen LogP) is 2.04. The van der Waals surface area contributed by atoms with Crippen LogP contribution < -0.4 is 10.5 Å². The van der Waals surface area contributed by atoms with Crippen LogP contribution in [0.25, 0.3) is 0 Å². The van der Waals surface area contributed by atoms with Crippen LogP contribution in [0.15, 0.2) is 24.3 Å². The van der Waals surface area contributed by atoms with E-state index in [0.29, 0.717) is 18.9 Å². The number of ether oxygens (including phenoxy) is 1. The Morgan fingerprint density at radius 2 is 2.00 bits per heavy atom. The van der Waals surface area contributed by atoms with Gasteiger partial charge in [-0.2, -0.15) is 0 Å². The van der Waals surface area contributed by atoms with Crippen molar-refractivity contribution in [1.82, 2.24) is 4.90 Å². The van der Waals surface area contributed by atoms with E-state index in [-0.39, 0.29) is 17.6 Å². The third-order valence-electron chi connectivity index (χ3n) is 3.43. The van der Waals surface area contributed by atoms with E-state index in [0.717, 1.165) is 6.42 Å². The van der Waals surface area contributed by atoms with Crippen LogP contribution in [0.1, 0.15) is 20.3 Å². The first kappa shape index (κ1) is 16.4. The first-order chi connectivity index (χ1) is 9.45. The Hall–Kier alpha value is -1.62. The maximum atomic E-state index is 12.7. The molecule has 1 aromatic carbocycles. The number of nitrogens with two attached hydrogens (primary N) is 1. The van der Waals surface area contributed by atoms with E-state index < -0.39 is 6.04 Å². The Morgan fingerprint density at radius 1 is 1.40 bits per heavy atom. The summed E-state index contributed by atoms with van der Waals surface area (Å²) in [6, 6.07) is 5.31. The van der Waals surface area contributed by atoms with Gasteiger partial charge in [0, 0.05) is 7.05 Å². The van der Waals surface area contributed by atoms with Crippen molar-refractivity contribution in [1.29, 1.82) is 0 Å². The molecule has 0 aliphatic rings. The molecular weight excluding hydrogens is 259 g/mol. The highest BCUT2D eigenvalue weighted by Gasteiger charge is 2.22. The molecule has 20 heavy (non-hydrogen) atoms. The van der Waals surface area contributed by atoms with Gasteiger partial charge in [0.1, 0.15) is 18.2 Å². The van der Waals surface area contributed by atoms with Crippen LogP contribution >= 0.6 is 0 Å². The van der Waals surface area contributed by atoms with Crippen molar-refractivity contribution in [2.75, 3.05) is 20.2 Å². The Balaban J connectivity index is 2.37. The van der Waals surface area contributed by atoms with Gasteiger partial charge in [-0.25, -0.2) is 4.39 Å². The highest BCUT2D eigenvalue weighted by Crippen LogP contribution is 2.11. The molecule has 0 aliphatic carbocycles. The Morgan fingerprint density at radius 3 is 2.55 bits per heavy atom. The molecular formula is C15H23FN2O2. The molecule has 0 saturated heterocycles. The van der Waals surface area contributed by atoms with E-state index in [2.05, 4.69) is 0 Å². The minimum absolute atomic E-state index is 0.0814. The highest BCUT2D eigenvalue weighted by atomic mass is 19.1. The second-order valence-corrected chi connectivity index (χ2v) is 4.97. The molecule has 0 bridgehead atoms. The van der Waals surface area contributed by atoms with Crippen molar-refractivity contribution >= 4 is 5.91 Å². The molecule has 0 aliphatic heterocycles. The van der Waals surface area contributed by atoms with E-state index in [9.17, 15) is 9.18 Å². The topological polar surface area (TPSA) is 55.6 Å². The number of carbonyl (C=O) groups is 1. The summed E-state index contributed by atoms with van der Waals surface area (Å²) in [5, 5.41) is 0. The van der Waals surface area contributed by atoms with Crippen LogP contribution in [0.4, 0.5) is 4.39 Å². The zero-order chi connectivity index (χ0) is 15.1. The van der Waals surface area contributed by atoms with E-state index in [4.69, 9.17) is 10.5 Å². The lowest BCUT2D eigenvalue weighted by molar-refractivity contribution is -0.132. The van der Waals surface area contributed by atoms with Gasteiger partial charge in [-0.15, -0.1) is 0 Å². The van der Waals surface area contributed by atoms with Crippen LogP contribution in [0, 0.1) is 11.7 Å². The molecule has 4 nitrogen and oxygen atoms in total. The fourth-order valence-electron chi connectivity index (χ4n) is 1.69. The van der Waals surface area contributed by atoms with Gasteiger partial charge in [0.05, 0.1) is 12.6 Å². The number of benzene rings is 1. The summed E-state index contributed by atoms with van der Waals surface area (Å²) in [6.45, 7) is 4.77. The van der Waals surface area contributed by atoms with Gasteiger partial charge >= 0.3 is 0 Å². The fraction of sp³-hybridized carbons (Fsp3) is 0.533. The summed E-state index contributed by atoms with van der Waals surface area (Å²) in [7, 11) is 1.71. The lowest BCUT2D eigenvalue weighted by atomic mass is 9.99. The SMILES string of the molecule is CCC(C)C(N)C(=O)N(C)CCOc1ccc(F)cc1. The summed E-state index contributed by atoms with van der Waals surface area (Å²) >= 11 is 0. The van der Waals surface area contributed by atoms with Crippen LogP contribution in [-0.4, -0.2) is 37.0 Å². The van der Waals surface area contributed by atoms with Crippen LogP contribution in [0.5, 0.6) is 5.75 Å². The second-order valence-electron chi connectivity index (χ2n) is 4.97. The molecule has 0 heterocycles. The second kappa shape index (κ2) is 7.85. The third kappa shape index (κ3) is 4.81. The summed E-state index contributed by atoms with van der Waals surface area (Å²) in [5.74, 6) is 0.354. The quantitative estimate of drug-likeness (QED) is 0.832. The maximum Gasteiger partial charge on any atom is 0.239 e. The summed E-state index contributed by atoms with van der Waals surface area (Å²) in [6.07, 6.45) is 0.868. The molecule has 1 amide bonds. The van der Waals surface area contributed by atoms with Crippen molar-refractivity contribution in [2.45, 2.75) is 26.3 Å². The Bertz CT molecular complexity index is 422. The number of nitrogens with zero attached hydrogens (tertiary/aromatic N) is 1. The average Bonchev–Trinajstić information content (AvgIpc) is 2.46. The molecule has 1 aromatic rings. The molecule has 0 aromatic heterocycles. The van der Waals surface area contributed by atoms with E-state index in [1.54, 1.807) is 24.1 Å². The van der Waals surface area contributed by atoms with Gasteiger partial charge in [-0.05, 0) is 30.2 Å². The minimum atomic E-state index is -0.476. The summed E-state index contributed by atoms with van der Waals surface area (Å²) in [5.41, 5.74) is 5.90. The van der Waals surface area contributed by atoms with Crippen molar-refractivity contribution in [3.05, 3.63) is 30.1 Å². The number of rotatable bonds is 7. The van der Waals surface area contributed by atoms with Crippen LogP contribution in [0.2, 0.25) is 0 Å². The predicted molar refractivity (Wildman–Crippen MR) is 77.0 cm³/mol. The minimum Gasteiger partial charge on any atom is -0.492 e. The van der Waals surface area contributed by atoms with Gasteiger partial charge in [0.2, 0.25) is 5.91 Å². The largest absolute Gasteiger partial charge is 0.492 e. The maximum absolute atomic E-state index is 12.7. The Labute approximate surface area is 119 Å². The van der Waals surface area contributed by atoms with Gasteiger partial charge in [0.25, 0.3) is 0 Å². The normalized spacial score (nSPS) is 13.7. The molecule has 2 unspecified atom stereocenters. The Kier molecular flexibility index (Phi) is 6.45. The molecule has 1 rings (SSSR count). The summed E-state index contributed by atoms with van der Waals surface area (Å²) in [4.78, 5) is 13.6. The molecule has 0 radical (unpaired) electrons. The zero-order valence-electron chi connectivity index (χ0n) is 12.3. The molecule has 0 fully saturated rings. The number of hydrogen-bond donors (Lipinski definition) is 1. The van der Waals surface area contributed by atoms with E-state index in [1.807, 2.05) is 13.8 Å². The standard InChI is InChI=1S/C15H23FN2O2/c1-4-11(2)14(17)15(19)18(3)9-10-20-13-7-5-12(16)6-8-13/h5-8,11,14H,4,9-10,17H2,1-3H3. The summed E-state index contributed by atoms with van der Waals surface area (Å²) < 4.78 is 18.2. The molecule has 2 N–H and O–H groups in total. The van der Waals surface area contributed by atoms with Gasteiger partial charge < -0.3 is 15.4 Å². The monoisotopic (exact) mass is 282 g/mol. The molecule has 2 atom stereocenters. The zero-order valence-corrected chi connectivity index (χ0v) is 12.3. The first-order valence-electron chi connectivity index (χ1n) is 6.84. The lowest BCUT2D eigenvalue weighted by Gasteiger charge is -2.24. The molecule has 0 saturated carbocycles. The van der Waals surface area contributed by atoms with Gasteiger partial charge in [-0.3, -0.25) is 4.79 Å². The fourth-order valence-corrected chi connectivity index (χ4v) is 1.69. The smallest absolute Gasteiger partial charge is 0.239 e. The van der Waals surface area contributed by atoms with Crippen LogP contribution in [-0.2, 0) is 4.79 Å². The number of carbonyl (C=O) groups excluding carboxylic acids is 1. The van der Waals surface area contributed by atoms with Crippen molar-refractivity contribution in [3.63, 3.8) is 0 Å². The lowest BCUT2D eigenvalue weighted by Crippen LogP contribution is -2.46. The third-order valence-corrected chi connectivity index (χ3v) is 3.43. The van der Waals surface area contributed by atoms with Crippen LogP contribution in [0.3, 0.4) is 0 Å². The van der Waals surface area contributed by atoms with Crippen molar-refractivity contribution < 1.29 is 13.9 Å².